The molecule has 4 aromatic rings. The SMILES string of the molecule is O=C(/C=C/c1ccc(-c2ccc(Cl)cc2)o1)Nc1ccc(N2CCN(C(=O)/C=C/c3ccccc3)CC2)cc1. The van der Waals surface area contributed by atoms with Gasteiger partial charge in [0.1, 0.15) is 11.5 Å². The number of halogens is 1. The number of anilines is 2. The van der Waals surface area contributed by atoms with Crippen molar-refractivity contribution in [2.75, 3.05) is 36.4 Å². The molecule has 2 amide bonds. The van der Waals surface area contributed by atoms with Crippen LogP contribution < -0.4 is 10.2 Å². The summed E-state index contributed by atoms with van der Waals surface area (Å²) in [7, 11) is 0. The first kappa shape index (κ1) is 26.1. The van der Waals surface area contributed by atoms with Crippen molar-refractivity contribution >= 4 is 46.9 Å². The standard InChI is InChI=1S/C32H28ClN3O3/c33-26-9-7-25(8-10-26)30-17-15-29(39-30)16-18-31(37)34-27-11-13-28(14-12-27)35-20-22-36(23-21-35)32(38)19-6-24-4-2-1-3-5-24/h1-19H,20-23H2,(H,34,37)/b18-16+,19-6+. The van der Waals surface area contributed by atoms with Crippen LogP contribution in [0.25, 0.3) is 23.5 Å². The number of hydrogen-bond donors (Lipinski definition) is 1. The highest BCUT2D eigenvalue weighted by molar-refractivity contribution is 6.30. The number of piperazine rings is 1. The molecule has 0 atom stereocenters. The zero-order chi connectivity index (χ0) is 27.0. The van der Waals surface area contributed by atoms with Gasteiger partial charge >= 0.3 is 0 Å². The Balaban J connectivity index is 1.09. The van der Waals surface area contributed by atoms with Crippen molar-refractivity contribution in [3.63, 3.8) is 0 Å². The first-order chi connectivity index (χ1) is 19.0. The van der Waals surface area contributed by atoms with Crippen LogP contribution in [0.4, 0.5) is 11.4 Å². The predicted octanol–water partition coefficient (Wildman–Crippen LogP) is 6.61. The lowest BCUT2D eigenvalue weighted by Crippen LogP contribution is -2.48. The first-order valence-electron chi connectivity index (χ1n) is 12.8. The van der Waals surface area contributed by atoms with Crippen LogP contribution in [-0.4, -0.2) is 42.9 Å². The van der Waals surface area contributed by atoms with Crippen LogP contribution in [0.3, 0.4) is 0 Å². The Hall–Kier alpha value is -4.55. The fourth-order valence-corrected chi connectivity index (χ4v) is 4.46. The fraction of sp³-hybridized carbons (Fsp3) is 0.125. The molecule has 1 aliphatic heterocycles. The van der Waals surface area contributed by atoms with E-state index < -0.39 is 0 Å². The summed E-state index contributed by atoms with van der Waals surface area (Å²) in [6.07, 6.45) is 6.57. The van der Waals surface area contributed by atoms with Crippen molar-refractivity contribution in [1.82, 2.24) is 4.90 Å². The molecule has 3 aromatic carbocycles. The maximum absolute atomic E-state index is 12.5. The summed E-state index contributed by atoms with van der Waals surface area (Å²) in [5, 5.41) is 3.54. The van der Waals surface area contributed by atoms with Crippen molar-refractivity contribution < 1.29 is 14.0 Å². The summed E-state index contributed by atoms with van der Waals surface area (Å²) in [6, 6.07) is 28.6. The van der Waals surface area contributed by atoms with E-state index in [-0.39, 0.29) is 11.8 Å². The monoisotopic (exact) mass is 537 g/mol. The van der Waals surface area contributed by atoms with Gasteiger partial charge < -0.3 is 19.5 Å². The van der Waals surface area contributed by atoms with Crippen LogP contribution in [0, 0.1) is 0 Å². The molecule has 5 rings (SSSR count). The second-order valence-electron chi connectivity index (χ2n) is 9.13. The molecule has 7 heteroatoms. The van der Waals surface area contributed by atoms with Gasteiger partial charge in [-0.1, -0.05) is 41.9 Å². The van der Waals surface area contributed by atoms with Gasteiger partial charge in [0, 0.05) is 60.3 Å². The number of nitrogens with zero attached hydrogens (tertiary/aromatic N) is 2. The molecule has 1 saturated heterocycles. The summed E-state index contributed by atoms with van der Waals surface area (Å²) in [6.45, 7) is 2.82. The lowest BCUT2D eigenvalue weighted by Gasteiger charge is -2.35. The molecule has 1 fully saturated rings. The van der Waals surface area contributed by atoms with E-state index in [1.54, 1.807) is 24.3 Å². The lowest BCUT2D eigenvalue weighted by atomic mass is 10.2. The molecular formula is C32H28ClN3O3. The largest absolute Gasteiger partial charge is 0.457 e. The van der Waals surface area contributed by atoms with Crippen LogP contribution in [-0.2, 0) is 9.59 Å². The molecule has 0 bridgehead atoms. The number of amides is 2. The Morgan fingerprint density at radius 2 is 1.49 bits per heavy atom. The van der Waals surface area contributed by atoms with Crippen LogP contribution in [0.15, 0.2) is 108 Å². The zero-order valence-corrected chi connectivity index (χ0v) is 22.1. The maximum atomic E-state index is 12.5. The third-order valence-corrected chi connectivity index (χ3v) is 6.72. The molecule has 196 valence electrons. The van der Waals surface area contributed by atoms with Gasteiger partial charge in [0.05, 0.1) is 0 Å². The summed E-state index contributed by atoms with van der Waals surface area (Å²) in [5.74, 6) is 1.07. The second kappa shape index (κ2) is 12.3. The van der Waals surface area contributed by atoms with Crippen LogP contribution in [0.2, 0.25) is 5.02 Å². The summed E-state index contributed by atoms with van der Waals surface area (Å²) in [4.78, 5) is 29.1. The molecule has 0 radical (unpaired) electrons. The van der Waals surface area contributed by atoms with Gasteiger partial charge in [0.15, 0.2) is 0 Å². The van der Waals surface area contributed by atoms with E-state index in [1.807, 2.05) is 89.8 Å². The molecule has 1 aromatic heterocycles. The highest BCUT2D eigenvalue weighted by atomic mass is 35.5. The molecule has 1 aliphatic rings. The van der Waals surface area contributed by atoms with E-state index in [0.29, 0.717) is 35.3 Å². The summed E-state index contributed by atoms with van der Waals surface area (Å²) >= 11 is 5.94. The van der Waals surface area contributed by atoms with Crippen molar-refractivity contribution in [1.29, 1.82) is 0 Å². The zero-order valence-electron chi connectivity index (χ0n) is 21.3. The third-order valence-electron chi connectivity index (χ3n) is 6.46. The molecular weight excluding hydrogens is 510 g/mol. The Morgan fingerprint density at radius 1 is 0.769 bits per heavy atom. The van der Waals surface area contributed by atoms with Crippen molar-refractivity contribution in [3.05, 3.63) is 119 Å². The molecule has 6 nitrogen and oxygen atoms in total. The Kier molecular flexibility index (Phi) is 8.24. The molecule has 0 saturated carbocycles. The quantitative estimate of drug-likeness (QED) is 0.269. The van der Waals surface area contributed by atoms with Crippen LogP contribution in [0.5, 0.6) is 0 Å². The Morgan fingerprint density at radius 3 is 2.21 bits per heavy atom. The van der Waals surface area contributed by atoms with E-state index >= 15 is 0 Å². The highest BCUT2D eigenvalue weighted by Crippen LogP contribution is 2.24. The Bertz CT molecular complexity index is 1470. The molecule has 0 unspecified atom stereocenters. The minimum absolute atomic E-state index is 0.0281. The number of hydrogen-bond acceptors (Lipinski definition) is 4. The van der Waals surface area contributed by atoms with Gasteiger partial charge in [0.2, 0.25) is 11.8 Å². The first-order valence-corrected chi connectivity index (χ1v) is 13.1. The molecule has 0 spiro atoms. The number of furan rings is 1. The van der Waals surface area contributed by atoms with Gasteiger partial charge in [-0.25, -0.2) is 0 Å². The van der Waals surface area contributed by atoms with Crippen LogP contribution in [0.1, 0.15) is 11.3 Å². The van der Waals surface area contributed by atoms with Gasteiger partial charge in [0.25, 0.3) is 0 Å². The van der Waals surface area contributed by atoms with E-state index in [0.717, 1.165) is 29.9 Å². The average molecular weight is 538 g/mol. The molecule has 0 aliphatic carbocycles. The molecule has 39 heavy (non-hydrogen) atoms. The van der Waals surface area contributed by atoms with Gasteiger partial charge in [-0.3, -0.25) is 9.59 Å². The van der Waals surface area contributed by atoms with Crippen molar-refractivity contribution in [2.24, 2.45) is 0 Å². The van der Waals surface area contributed by atoms with Crippen molar-refractivity contribution in [3.8, 4) is 11.3 Å². The van der Waals surface area contributed by atoms with E-state index in [1.165, 1.54) is 6.08 Å². The minimum atomic E-state index is -0.247. The number of nitrogens with one attached hydrogen (secondary N) is 1. The topological polar surface area (TPSA) is 65.8 Å². The van der Waals surface area contributed by atoms with E-state index in [2.05, 4.69) is 10.2 Å². The minimum Gasteiger partial charge on any atom is -0.457 e. The number of carbonyl (C=O) groups is 2. The number of rotatable bonds is 7. The van der Waals surface area contributed by atoms with Crippen LogP contribution >= 0.6 is 11.6 Å². The Labute approximate surface area is 232 Å². The highest BCUT2D eigenvalue weighted by Gasteiger charge is 2.19. The van der Waals surface area contributed by atoms with Gasteiger partial charge in [-0.15, -0.1) is 0 Å². The van der Waals surface area contributed by atoms with E-state index in [4.69, 9.17) is 16.0 Å². The van der Waals surface area contributed by atoms with E-state index in [9.17, 15) is 9.59 Å². The van der Waals surface area contributed by atoms with Gasteiger partial charge in [-0.05, 0) is 78.4 Å². The summed E-state index contributed by atoms with van der Waals surface area (Å²) < 4.78 is 5.81. The maximum Gasteiger partial charge on any atom is 0.248 e. The lowest BCUT2D eigenvalue weighted by molar-refractivity contribution is -0.126. The second-order valence-corrected chi connectivity index (χ2v) is 9.57. The third kappa shape index (κ3) is 7.06. The smallest absolute Gasteiger partial charge is 0.248 e. The number of carbonyl (C=O) groups excluding carboxylic acids is 2. The number of benzene rings is 3. The van der Waals surface area contributed by atoms with Gasteiger partial charge in [-0.2, -0.15) is 0 Å². The molecule has 1 N–H and O–H groups in total. The fourth-order valence-electron chi connectivity index (χ4n) is 4.33. The predicted molar refractivity (Wildman–Crippen MR) is 158 cm³/mol. The molecule has 2 heterocycles. The summed E-state index contributed by atoms with van der Waals surface area (Å²) in [5.41, 5.74) is 3.68. The average Bonchev–Trinajstić information content (AvgIpc) is 3.45. The van der Waals surface area contributed by atoms with Crippen molar-refractivity contribution in [2.45, 2.75) is 0 Å². The normalized spacial score (nSPS) is 13.8.